The maximum atomic E-state index is 11.4. The van der Waals surface area contributed by atoms with Crippen molar-refractivity contribution in [1.82, 2.24) is 0 Å². The molecule has 100 valence electrons. The zero-order chi connectivity index (χ0) is 13.8. The molecule has 5 nitrogen and oxygen atoms in total. The van der Waals surface area contributed by atoms with Gasteiger partial charge in [-0.1, -0.05) is 18.2 Å². The summed E-state index contributed by atoms with van der Waals surface area (Å²) in [4.78, 5) is 0.0441. The third kappa shape index (κ3) is 3.94. The summed E-state index contributed by atoms with van der Waals surface area (Å²) in [6, 6.07) is 4.62. The van der Waals surface area contributed by atoms with Crippen LogP contribution in [0, 0.1) is 0 Å². The van der Waals surface area contributed by atoms with E-state index in [1.807, 2.05) is 6.92 Å². The average molecular weight is 289 g/mol. The zero-order valence-electron chi connectivity index (χ0n) is 10.1. The normalized spacial score (nSPS) is 13.7. The van der Waals surface area contributed by atoms with Gasteiger partial charge in [0.1, 0.15) is 0 Å². The molecule has 0 saturated heterocycles. The highest BCUT2D eigenvalue weighted by atomic mass is 32.2. The van der Waals surface area contributed by atoms with E-state index in [9.17, 15) is 17.2 Å². The van der Waals surface area contributed by atoms with Gasteiger partial charge in [-0.2, -0.15) is 0 Å². The monoisotopic (exact) mass is 289 g/mol. The van der Waals surface area contributed by atoms with Crippen molar-refractivity contribution >= 4 is 32.9 Å². The lowest BCUT2D eigenvalue weighted by Gasteiger charge is -2.10. The first kappa shape index (κ1) is 14.9. The fraction of sp³-hybridized carbons (Fsp3) is 0.273. The minimum absolute atomic E-state index is 0.0441. The van der Waals surface area contributed by atoms with Gasteiger partial charge in [0, 0.05) is 0 Å². The second kappa shape index (κ2) is 6.12. The molecule has 0 spiro atoms. The van der Waals surface area contributed by atoms with E-state index in [-0.39, 0.29) is 16.3 Å². The number of benzene rings is 1. The first-order valence-corrected chi connectivity index (χ1v) is 8.03. The first-order chi connectivity index (χ1) is 8.39. The molecule has 7 heteroatoms. The highest BCUT2D eigenvalue weighted by Gasteiger charge is 2.13. The van der Waals surface area contributed by atoms with Gasteiger partial charge in [0.2, 0.25) is 10.0 Å². The number of nitrogens with one attached hydrogen (secondary N) is 1. The summed E-state index contributed by atoms with van der Waals surface area (Å²) >= 11 is -2.25. The third-order valence-electron chi connectivity index (χ3n) is 2.20. The topological polar surface area (TPSA) is 83.5 Å². The van der Waals surface area contributed by atoms with Crippen LogP contribution in [0.5, 0.6) is 0 Å². The summed E-state index contributed by atoms with van der Waals surface area (Å²) in [7, 11) is -3.47. The van der Waals surface area contributed by atoms with Crippen LogP contribution in [0.3, 0.4) is 0 Å². The van der Waals surface area contributed by atoms with Crippen molar-refractivity contribution in [2.24, 2.45) is 0 Å². The predicted octanol–water partition coefficient (Wildman–Crippen LogP) is 2.06. The molecule has 0 aliphatic rings. The van der Waals surface area contributed by atoms with E-state index in [1.54, 1.807) is 18.2 Å². The van der Waals surface area contributed by atoms with Crippen molar-refractivity contribution in [1.29, 1.82) is 0 Å². The molecule has 2 N–H and O–H groups in total. The van der Waals surface area contributed by atoms with Crippen LogP contribution in [0.25, 0.3) is 6.08 Å². The quantitative estimate of drug-likeness (QED) is 0.813. The Hall–Kier alpha value is -1.18. The van der Waals surface area contributed by atoms with E-state index in [2.05, 4.69) is 4.72 Å². The molecule has 0 aliphatic heterocycles. The lowest BCUT2D eigenvalue weighted by molar-refractivity contribution is 0.565. The molecule has 0 fully saturated rings. The van der Waals surface area contributed by atoms with Gasteiger partial charge in [-0.15, -0.1) is 0 Å². The minimum Gasteiger partial charge on any atom is -0.302 e. The Bertz CT molecular complexity index is 579. The number of allylic oxidation sites excluding steroid dienone is 1. The molecule has 1 rings (SSSR count). The Morgan fingerprint density at radius 2 is 2.11 bits per heavy atom. The lowest BCUT2D eigenvalue weighted by Crippen LogP contribution is -2.16. The molecule has 0 amide bonds. The number of hydrogen-bond donors (Lipinski definition) is 2. The second-order valence-corrected chi connectivity index (χ2v) is 6.46. The Morgan fingerprint density at radius 3 is 2.61 bits per heavy atom. The van der Waals surface area contributed by atoms with Crippen LogP contribution in [0.15, 0.2) is 29.2 Å². The molecule has 1 atom stereocenters. The van der Waals surface area contributed by atoms with Crippen LogP contribution < -0.4 is 4.72 Å². The fourth-order valence-corrected chi connectivity index (χ4v) is 2.57. The third-order valence-corrected chi connectivity index (χ3v) is 4.20. The van der Waals surface area contributed by atoms with Crippen molar-refractivity contribution in [3.05, 3.63) is 29.8 Å². The Balaban J connectivity index is 3.24. The number of rotatable bonds is 5. The summed E-state index contributed by atoms with van der Waals surface area (Å²) in [5.41, 5.74) is 0.861. The molecule has 1 unspecified atom stereocenters. The minimum atomic E-state index is -3.47. The molecular formula is C11H15NO4S2. The molecule has 0 heterocycles. The van der Waals surface area contributed by atoms with E-state index in [1.165, 1.54) is 19.1 Å². The van der Waals surface area contributed by atoms with Crippen LogP contribution in [0.1, 0.15) is 19.4 Å². The first-order valence-electron chi connectivity index (χ1n) is 5.27. The van der Waals surface area contributed by atoms with Gasteiger partial charge in [0.15, 0.2) is 11.1 Å². The zero-order valence-corrected chi connectivity index (χ0v) is 11.7. The van der Waals surface area contributed by atoms with Gasteiger partial charge in [0.05, 0.1) is 16.3 Å². The predicted molar refractivity (Wildman–Crippen MR) is 73.3 cm³/mol. The van der Waals surface area contributed by atoms with Crippen molar-refractivity contribution in [2.75, 3.05) is 10.5 Å². The Morgan fingerprint density at radius 1 is 1.44 bits per heavy atom. The Kier molecular flexibility index (Phi) is 5.06. The Labute approximate surface area is 109 Å². The molecular weight excluding hydrogens is 274 g/mol. The molecule has 0 bridgehead atoms. The number of anilines is 1. The van der Waals surface area contributed by atoms with Crippen molar-refractivity contribution in [3.63, 3.8) is 0 Å². The molecule has 1 aromatic carbocycles. The summed E-state index contributed by atoms with van der Waals surface area (Å²) < 4.78 is 45.6. The highest BCUT2D eigenvalue weighted by molar-refractivity contribution is 7.92. The van der Waals surface area contributed by atoms with E-state index < -0.39 is 21.1 Å². The molecule has 0 saturated carbocycles. The summed E-state index contributed by atoms with van der Waals surface area (Å²) in [5.74, 6) is -0.0961. The summed E-state index contributed by atoms with van der Waals surface area (Å²) in [6.07, 6.45) is 3.55. The summed E-state index contributed by atoms with van der Waals surface area (Å²) in [5, 5.41) is 0. The molecule has 18 heavy (non-hydrogen) atoms. The molecule has 0 aliphatic carbocycles. The number of hydrogen-bond acceptors (Lipinski definition) is 3. The van der Waals surface area contributed by atoms with Crippen LogP contribution in [-0.2, 0) is 21.1 Å². The van der Waals surface area contributed by atoms with Gasteiger partial charge in [0.25, 0.3) is 0 Å². The van der Waals surface area contributed by atoms with Crippen LogP contribution >= 0.6 is 0 Å². The van der Waals surface area contributed by atoms with E-state index in [0.717, 1.165) is 5.56 Å². The van der Waals surface area contributed by atoms with Gasteiger partial charge in [-0.05, 0) is 31.5 Å². The van der Waals surface area contributed by atoms with E-state index in [4.69, 9.17) is 0 Å². The van der Waals surface area contributed by atoms with Gasteiger partial charge < -0.3 is 4.55 Å². The summed E-state index contributed by atoms with van der Waals surface area (Å²) in [6.45, 7) is 3.31. The molecule has 0 radical (unpaired) electrons. The van der Waals surface area contributed by atoms with Crippen LogP contribution in [0.2, 0.25) is 0 Å². The van der Waals surface area contributed by atoms with E-state index >= 15 is 0 Å². The molecule has 0 aromatic heterocycles. The van der Waals surface area contributed by atoms with Gasteiger partial charge in [-0.3, -0.25) is 4.72 Å². The maximum absolute atomic E-state index is 11.4. The number of sulfonamides is 1. The van der Waals surface area contributed by atoms with Crippen molar-refractivity contribution in [2.45, 2.75) is 18.7 Å². The van der Waals surface area contributed by atoms with Crippen molar-refractivity contribution in [3.8, 4) is 0 Å². The molecule has 1 aromatic rings. The standard InChI is InChI=1S/C11H15NO4S2/c1-3-5-9-6-7-10(11(8-9)17(13)14)12-18(15,16)4-2/h3,5-8,12H,4H2,1-2H3,(H,13,14). The van der Waals surface area contributed by atoms with E-state index in [0.29, 0.717) is 0 Å². The average Bonchev–Trinajstić information content (AvgIpc) is 2.31. The highest BCUT2D eigenvalue weighted by Crippen LogP contribution is 2.22. The lowest BCUT2D eigenvalue weighted by atomic mass is 10.2. The largest absolute Gasteiger partial charge is 0.302 e. The fourth-order valence-electron chi connectivity index (χ4n) is 1.30. The second-order valence-electron chi connectivity index (χ2n) is 3.51. The van der Waals surface area contributed by atoms with Crippen LogP contribution in [0.4, 0.5) is 5.69 Å². The van der Waals surface area contributed by atoms with Gasteiger partial charge >= 0.3 is 0 Å². The van der Waals surface area contributed by atoms with Crippen LogP contribution in [-0.4, -0.2) is 22.9 Å². The SMILES string of the molecule is CC=Cc1ccc(NS(=O)(=O)CC)c(S(=O)O)c1. The van der Waals surface area contributed by atoms with Crippen molar-refractivity contribution < 1.29 is 17.2 Å². The maximum Gasteiger partial charge on any atom is 0.232 e. The van der Waals surface area contributed by atoms with Gasteiger partial charge in [-0.25, -0.2) is 12.6 Å². The smallest absolute Gasteiger partial charge is 0.232 e.